The van der Waals surface area contributed by atoms with Gasteiger partial charge in [0.1, 0.15) is 0 Å². The number of benzene rings is 2. The van der Waals surface area contributed by atoms with Crippen molar-refractivity contribution in [2.75, 3.05) is 0 Å². The van der Waals surface area contributed by atoms with Crippen LogP contribution in [-0.4, -0.2) is 23.0 Å². The Bertz CT molecular complexity index is 835. The van der Waals surface area contributed by atoms with Gasteiger partial charge in [0.2, 0.25) is 6.29 Å². The highest BCUT2D eigenvalue weighted by molar-refractivity contribution is 6.23. The summed E-state index contributed by atoms with van der Waals surface area (Å²) >= 11 is 0. The molecule has 1 unspecified atom stereocenters. The van der Waals surface area contributed by atoms with E-state index in [2.05, 4.69) is 4.74 Å². The number of rotatable bonds is 0. The van der Waals surface area contributed by atoms with E-state index in [0.717, 1.165) is 0 Å². The topological polar surface area (TPSA) is 89.9 Å². The van der Waals surface area contributed by atoms with Crippen molar-refractivity contribution >= 4 is 28.7 Å². The van der Waals surface area contributed by atoms with Gasteiger partial charge in [-0.25, -0.2) is 14.4 Å². The Balaban J connectivity index is 2.14. The molecule has 0 amide bonds. The molecule has 0 bridgehead atoms. The molecular formula is C14H6O6. The molecule has 2 aliphatic rings. The normalized spacial score (nSPS) is 19.9. The summed E-state index contributed by atoms with van der Waals surface area (Å²) in [6.07, 6.45) is -1.30. The van der Waals surface area contributed by atoms with Crippen LogP contribution in [-0.2, 0) is 9.47 Å². The molecule has 6 nitrogen and oxygen atoms in total. The van der Waals surface area contributed by atoms with Crippen molar-refractivity contribution in [3.8, 4) is 0 Å². The quantitative estimate of drug-likeness (QED) is 0.573. The zero-order valence-corrected chi connectivity index (χ0v) is 9.88. The molecule has 0 aromatic heterocycles. The summed E-state index contributed by atoms with van der Waals surface area (Å²) in [5.41, 5.74) is 0.879. The second kappa shape index (κ2) is 3.43. The van der Waals surface area contributed by atoms with E-state index in [9.17, 15) is 19.5 Å². The summed E-state index contributed by atoms with van der Waals surface area (Å²) in [6.45, 7) is 0. The second-order valence-corrected chi connectivity index (χ2v) is 4.55. The number of hydrogen-bond donors (Lipinski definition) is 1. The number of fused-ring (bicyclic) bond motifs is 5. The molecule has 0 saturated heterocycles. The van der Waals surface area contributed by atoms with Gasteiger partial charge in [-0.1, -0.05) is 18.2 Å². The van der Waals surface area contributed by atoms with Crippen LogP contribution in [0.4, 0.5) is 0 Å². The van der Waals surface area contributed by atoms with E-state index in [1.54, 1.807) is 12.1 Å². The Morgan fingerprint density at radius 1 is 0.850 bits per heavy atom. The van der Waals surface area contributed by atoms with Crippen molar-refractivity contribution in [2.24, 2.45) is 0 Å². The molecule has 2 heterocycles. The Kier molecular flexibility index (Phi) is 1.91. The molecule has 4 rings (SSSR count). The van der Waals surface area contributed by atoms with Crippen LogP contribution >= 0.6 is 0 Å². The van der Waals surface area contributed by atoms with Crippen molar-refractivity contribution in [1.29, 1.82) is 0 Å². The lowest BCUT2D eigenvalue weighted by Crippen LogP contribution is -1.99. The monoisotopic (exact) mass is 270 g/mol. The molecule has 0 radical (unpaired) electrons. The van der Waals surface area contributed by atoms with Crippen molar-refractivity contribution in [3.63, 3.8) is 0 Å². The van der Waals surface area contributed by atoms with Gasteiger partial charge in [0, 0.05) is 5.56 Å². The molecule has 2 aliphatic heterocycles. The molecule has 0 aliphatic carbocycles. The van der Waals surface area contributed by atoms with E-state index >= 15 is 0 Å². The highest BCUT2D eigenvalue weighted by Gasteiger charge is 2.36. The lowest BCUT2D eigenvalue weighted by molar-refractivity contribution is -0.0547. The molecule has 98 valence electrons. The van der Waals surface area contributed by atoms with Gasteiger partial charge in [0.25, 0.3) is 0 Å². The maximum atomic E-state index is 11.8. The fourth-order valence-corrected chi connectivity index (χ4v) is 2.66. The second-order valence-electron chi connectivity index (χ2n) is 4.55. The van der Waals surface area contributed by atoms with Crippen molar-refractivity contribution in [3.05, 3.63) is 46.5 Å². The summed E-state index contributed by atoms with van der Waals surface area (Å²) in [5.74, 6) is -2.09. The van der Waals surface area contributed by atoms with E-state index in [1.807, 2.05) is 0 Å². The average molecular weight is 270 g/mol. The number of carbonyl (C=O) groups excluding carboxylic acids is 3. The van der Waals surface area contributed by atoms with Gasteiger partial charge in [-0.05, 0) is 16.8 Å². The van der Waals surface area contributed by atoms with Gasteiger partial charge in [0.05, 0.1) is 16.7 Å². The van der Waals surface area contributed by atoms with Gasteiger partial charge < -0.3 is 14.6 Å². The SMILES string of the molecule is O=C1OC(=O)c2c1ccc1c3c(ccc21)C(O)OC3=O. The maximum Gasteiger partial charge on any atom is 0.347 e. The molecule has 20 heavy (non-hydrogen) atoms. The summed E-state index contributed by atoms with van der Waals surface area (Å²) in [7, 11) is 0. The van der Waals surface area contributed by atoms with Crippen LogP contribution in [0.5, 0.6) is 0 Å². The van der Waals surface area contributed by atoms with Crippen LogP contribution in [0.25, 0.3) is 10.8 Å². The molecule has 2 aromatic carbocycles. The van der Waals surface area contributed by atoms with E-state index in [4.69, 9.17) is 4.74 Å². The van der Waals surface area contributed by atoms with Crippen LogP contribution < -0.4 is 0 Å². The van der Waals surface area contributed by atoms with Crippen LogP contribution in [0.15, 0.2) is 24.3 Å². The number of carbonyl (C=O) groups is 3. The maximum absolute atomic E-state index is 11.8. The molecule has 0 fully saturated rings. The number of ether oxygens (including phenoxy) is 2. The van der Waals surface area contributed by atoms with E-state index < -0.39 is 24.2 Å². The molecule has 0 spiro atoms. The Morgan fingerprint density at radius 2 is 1.55 bits per heavy atom. The minimum Gasteiger partial charge on any atom is -0.428 e. The minimum atomic E-state index is -1.30. The first-order valence-electron chi connectivity index (χ1n) is 5.83. The molecule has 1 atom stereocenters. The first-order chi connectivity index (χ1) is 9.58. The number of aliphatic hydroxyl groups excluding tert-OH is 1. The highest BCUT2D eigenvalue weighted by atomic mass is 16.6. The molecule has 2 aromatic rings. The predicted molar refractivity (Wildman–Crippen MR) is 64.1 cm³/mol. The number of cyclic esters (lactones) is 3. The molecule has 6 heteroatoms. The third-order valence-electron chi connectivity index (χ3n) is 3.53. The number of aliphatic hydroxyl groups is 1. The first-order valence-corrected chi connectivity index (χ1v) is 5.83. The lowest BCUT2D eigenvalue weighted by atomic mass is 9.94. The third kappa shape index (κ3) is 1.18. The van der Waals surface area contributed by atoms with Gasteiger partial charge in [-0.3, -0.25) is 0 Å². The zero-order chi connectivity index (χ0) is 14.0. The van der Waals surface area contributed by atoms with Crippen LogP contribution in [0.2, 0.25) is 0 Å². The van der Waals surface area contributed by atoms with E-state index in [1.165, 1.54) is 12.1 Å². The van der Waals surface area contributed by atoms with Crippen molar-refractivity contribution in [2.45, 2.75) is 6.29 Å². The van der Waals surface area contributed by atoms with Crippen molar-refractivity contribution < 1.29 is 29.0 Å². The molecule has 1 N–H and O–H groups in total. The Hall–Kier alpha value is -2.73. The fraction of sp³-hybridized carbons (Fsp3) is 0.0714. The molecule has 0 saturated carbocycles. The summed E-state index contributed by atoms with van der Waals surface area (Å²) < 4.78 is 9.30. The summed E-state index contributed by atoms with van der Waals surface area (Å²) in [6, 6.07) is 6.05. The third-order valence-corrected chi connectivity index (χ3v) is 3.53. The highest BCUT2D eigenvalue weighted by Crippen LogP contribution is 2.37. The van der Waals surface area contributed by atoms with Gasteiger partial charge in [0.15, 0.2) is 0 Å². The standard InChI is InChI=1S/C14H6O6/c15-11-7-3-1-5-6(10(7)14(18)19-11)2-4-8-9(5)13(17)20-12(8)16/h1-4,11,15H. The van der Waals surface area contributed by atoms with Gasteiger partial charge in [-0.15, -0.1) is 0 Å². The largest absolute Gasteiger partial charge is 0.428 e. The predicted octanol–water partition coefficient (Wildman–Crippen LogP) is 1.31. The van der Waals surface area contributed by atoms with Crippen LogP contribution in [0.1, 0.15) is 42.9 Å². The Labute approximate surface area is 111 Å². The lowest BCUT2D eigenvalue weighted by Gasteiger charge is -2.05. The summed E-state index contributed by atoms with van der Waals surface area (Å²) in [5, 5.41) is 10.5. The van der Waals surface area contributed by atoms with Gasteiger partial charge in [-0.2, -0.15) is 0 Å². The van der Waals surface area contributed by atoms with E-state index in [0.29, 0.717) is 16.3 Å². The first kappa shape index (κ1) is 11.1. The average Bonchev–Trinajstić information content (AvgIpc) is 2.87. The minimum absolute atomic E-state index is 0.143. The van der Waals surface area contributed by atoms with Crippen LogP contribution in [0, 0.1) is 0 Å². The number of hydrogen-bond acceptors (Lipinski definition) is 6. The van der Waals surface area contributed by atoms with Crippen molar-refractivity contribution in [1.82, 2.24) is 0 Å². The van der Waals surface area contributed by atoms with Crippen LogP contribution in [0.3, 0.4) is 0 Å². The molecular weight excluding hydrogens is 264 g/mol. The van der Waals surface area contributed by atoms with E-state index in [-0.39, 0.29) is 16.7 Å². The number of esters is 3. The van der Waals surface area contributed by atoms with Gasteiger partial charge >= 0.3 is 17.9 Å². The smallest absolute Gasteiger partial charge is 0.347 e. The zero-order valence-electron chi connectivity index (χ0n) is 9.88. The Morgan fingerprint density at radius 3 is 2.35 bits per heavy atom. The summed E-state index contributed by atoms with van der Waals surface area (Å²) in [4.78, 5) is 35.0. The fourth-order valence-electron chi connectivity index (χ4n) is 2.66.